The number of aromatic nitrogens is 1. The lowest BCUT2D eigenvalue weighted by molar-refractivity contribution is -0.127. The van der Waals surface area contributed by atoms with E-state index in [4.69, 9.17) is 32.7 Å². The number of carbonyl (C=O) groups excluding carboxylic acids is 1. The van der Waals surface area contributed by atoms with Gasteiger partial charge < -0.3 is 14.4 Å². The molecule has 0 radical (unpaired) electrons. The predicted octanol–water partition coefficient (Wildman–Crippen LogP) is 9.09. The molecule has 6 nitrogen and oxygen atoms in total. The Kier molecular flexibility index (Phi) is 10.5. The Hall–Kier alpha value is -4.62. The Labute approximate surface area is 285 Å². The number of halogens is 2. The fraction of sp³-hybridized carbons (Fsp3) is 0.179. The third-order valence-electron chi connectivity index (χ3n) is 8.09. The van der Waals surface area contributed by atoms with Crippen molar-refractivity contribution in [3.8, 4) is 28.5 Å². The highest BCUT2D eigenvalue weighted by Gasteiger charge is 2.20. The quantitative estimate of drug-likeness (QED) is 0.140. The molecule has 1 amide bonds. The van der Waals surface area contributed by atoms with Gasteiger partial charge in [0, 0.05) is 55.5 Å². The molecular weight excluding hydrogens is 629 g/mol. The minimum Gasteiger partial charge on any atom is -0.487 e. The largest absolute Gasteiger partial charge is 0.487 e. The van der Waals surface area contributed by atoms with E-state index in [2.05, 4.69) is 58.4 Å². The third-order valence-corrected chi connectivity index (χ3v) is 8.74. The number of piperazine rings is 1. The van der Waals surface area contributed by atoms with Crippen LogP contribution in [0.25, 0.3) is 17.2 Å². The van der Waals surface area contributed by atoms with Gasteiger partial charge in [-0.2, -0.15) is 0 Å². The topological polar surface area (TPSA) is 54.9 Å². The molecule has 1 aliphatic rings. The summed E-state index contributed by atoms with van der Waals surface area (Å²) < 4.78 is 11.8. The molecule has 0 atom stereocenters. The number of amides is 1. The number of pyridine rings is 1. The van der Waals surface area contributed by atoms with E-state index in [-0.39, 0.29) is 5.91 Å². The van der Waals surface area contributed by atoms with E-state index in [0.29, 0.717) is 47.1 Å². The molecule has 1 aromatic heterocycles. The number of ether oxygens (including phenoxy) is 2. The van der Waals surface area contributed by atoms with Gasteiger partial charge in [-0.25, -0.2) is 4.98 Å². The Bertz CT molecular complexity index is 1810. The fourth-order valence-corrected chi connectivity index (χ4v) is 5.97. The highest BCUT2D eigenvalue weighted by Crippen LogP contribution is 2.34. The van der Waals surface area contributed by atoms with Crippen LogP contribution >= 0.6 is 23.2 Å². The van der Waals surface area contributed by atoms with Crippen molar-refractivity contribution >= 4 is 35.2 Å². The van der Waals surface area contributed by atoms with Crippen molar-refractivity contribution in [2.45, 2.75) is 20.1 Å². The van der Waals surface area contributed by atoms with Gasteiger partial charge in [0.2, 0.25) is 11.8 Å². The van der Waals surface area contributed by atoms with Crippen LogP contribution in [0.3, 0.4) is 0 Å². The fourth-order valence-electron chi connectivity index (χ4n) is 5.47. The van der Waals surface area contributed by atoms with Crippen molar-refractivity contribution in [2.24, 2.45) is 0 Å². The molecule has 0 aliphatic carbocycles. The standard InChI is InChI=1S/C39H35Cl2N3O3/c1-28-23-30(24-36(41)39(28)47-37-17-16-34(25-42-37)46-27-33-9-5-6-10-35(33)40)13-18-38(45)44-21-19-43(20-22-44)26-29-11-14-32(15-12-29)31-7-3-2-4-8-31/h2-18,23-25H,19-22,26-27H2,1H3. The number of hydrogen-bond donors (Lipinski definition) is 0. The summed E-state index contributed by atoms with van der Waals surface area (Å²) >= 11 is 12.8. The Balaban J connectivity index is 0.982. The lowest BCUT2D eigenvalue weighted by Crippen LogP contribution is -2.47. The smallest absolute Gasteiger partial charge is 0.246 e. The molecule has 5 aromatic rings. The molecule has 1 saturated heterocycles. The van der Waals surface area contributed by atoms with Crippen molar-refractivity contribution < 1.29 is 14.3 Å². The molecule has 0 unspecified atom stereocenters. The number of nitrogens with zero attached hydrogens (tertiary/aromatic N) is 3. The molecule has 6 rings (SSSR count). The van der Waals surface area contributed by atoms with Gasteiger partial charge in [0.05, 0.1) is 11.2 Å². The normalized spacial score (nSPS) is 13.6. The summed E-state index contributed by atoms with van der Waals surface area (Å²) in [7, 11) is 0. The summed E-state index contributed by atoms with van der Waals surface area (Å²) in [6, 6.07) is 33.9. The van der Waals surface area contributed by atoms with Crippen molar-refractivity contribution in [1.29, 1.82) is 0 Å². The molecule has 1 aliphatic heterocycles. The zero-order chi connectivity index (χ0) is 32.6. The molecule has 0 bridgehead atoms. The maximum absolute atomic E-state index is 13.0. The zero-order valence-electron chi connectivity index (χ0n) is 26.1. The number of aryl methyl sites for hydroxylation is 1. The van der Waals surface area contributed by atoms with Crippen LogP contribution in [0, 0.1) is 6.92 Å². The van der Waals surface area contributed by atoms with Crippen LogP contribution in [-0.4, -0.2) is 46.9 Å². The molecule has 0 spiro atoms. The first-order chi connectivity index (χ1) is 22.9. The van der Waals surface area contributed by atoms with E-state index in [1.54, 1.807) is 36.5 Å². The van der Waals surface area contributed by atoms with Crippen LogP contribution in [0.5, 0.6) is 17.4 Å². The second-order valence-electron chi connectivity index (χ2n) is 11.5. The average Bonchev–Trinajstić information content (AvgIpc) is 3.10. The summed E-state index contributed by atoms with van der Waals surface area (Å²) in [5, 5.41) is 1.09. The van der Waals surface area contributed by atoms with Gasteiger partial charge in [-0.1, -0.05) is 96.0 Å². The van der Waals surface area contributed by atoms with E-state index < -0.39 is 0 Å². The van der Waals surface area contributed by atoms with Crippen LogP contribution in [0.4, 0.5) is 0 Å². The van der Waals surface area contributed by atoms with Crippen molar-refractivity contribution in [1.82, 2.24) is 14.8 Å². The van der Waals surface area contributed by atoms with E-state index >= 15 is 0 Å². The van der Waals surface area contributed by atoms with Crippen LogP contribution in [0.2, 0.25) is 10.0 Å². The first-order valence-electron chi connectivity index (χ1n) is 15.6. The van der Waals surface area contributed by atoms with Crippen LogP contribution < -0.4 is 9.47 Å². The second kappa shape index (κ2) is 15.3. The van der Waals surface area contributed by atoms with Crippen molar-refractivity contribution in [3.63, 3.8) is 0 Å². The molecule has 4 aromatic carbocycles. The summed E-state index contributed by atoms with van der Waals surface area (Å²) in [6.45, 7) is 6.17. The average molecular weight is 665 g/mol. The van der Waals surface area contributed by atoms with Gasteiger partial charge in [0.1, 0.15) is 12.4 Å². The van der Waals surface area contributed by atoms with Crippen LogP contribution in [0.1, 0.15) is 22.3 Å². The van der Waals surface area contributed by atoms with E-state index in [1.165, 1.54) is 16.7 Å². The zero-order valence-corrected chi connectivity index (χ0v) is 27.6. The molecular formula is C39H35Cl2N3O3. The van der Waals surface area contributed by atoms with Gasteiger partial charge in [0.15, 0.2) is 5.75 Å². The van der Waals surface area contributed by atoms with Gasteiger partial charge >= 0.3 is 0 Å². The van der Waals surface area contributed by atoms with Gasteiger partial charge in [0.25, 0.3) is 0 Å². The minimum atomic E-state index is -0.00740. The number of benzene rings is 4. The second-order valence-corrected chi connectivity index (χ2v) is 12.3. The minimum absolute atomic E-state index is 0.00740. The monoisotopic (exact) mass is 663 g/mol. The molecule has 0 saturated carbocycles. The number of hydrogen-bond acceptors (Lipinski definition) is 5. The first-order valence-corrected chi connectivity index (χ1v) is 16.3. The maximum atomic E-state index is 13.0. The molecule has 47 heavy (non-hydrogen) atoms. The lowest BCUT2D eigenvalue weighted by atomic mass is 10.0. The Morgan fingerprint density at radius 1 is 0.830 bits per heavy atom. The van der Waals surface area contributed by atoms with E-state index in [9.17, 15) is 4.79 Å². The number of carbonyl (C=O) groups is 1. The molecule has 0 N–H and O–H groups in total. The van der Waals surface area contributed by atoms with Crippen LogP contribution in [-0.2, 0) is 17.9 Å². The van der Waals surface area contributed by atoms with Crippen molar-refractivity contribution in [3.05, 3.63) is 148 Å². The summed E-state index contributed by atoms with van der Waals surface area (Å²) in [4.78, 5) is 21.6. The highest BCUT2D eigenvalue weighted by molar-refractivity contribution is 6.32. The van der Waals surface area contributed by atoms with Gasteiger partial charge in [-0.05, 0) is 65.1 Å². The molecule has 8 heteroatoms. The van der Waals surface area contributed by atoms with Crippen LogP contribution in [0.15, 0.2) is 115 Å². The summed E-state index contributed by atoms with van der Waals surface area (Å²) in [5.41, 5.74) is 6.26. The third kappa shape index (κ3) is 8.60. The van der Waals surface area contributed by atoms with Gasteiger partial charge in [-0.15, -0.1) is 0 Å². The van der Waals surface area contributed by atoms with E-state index in [1.807, 2.05) is 48.2 Å². The van der Waals surface area contributed by atoms with Crippen molar-refractivity contribution in [2.75, 3.05) is 26.2 Å². The predicted molar refractivity (Wildman–Crippen MR) is 189 cm³/mol. The Morgan fingerprint density at radius 3 is 2.26 bits per heavy atom. The van der Waals surface area contributed by atoms with E-state index in [0.717, 1.165) is 36.3 Å². The lowest BCUT2D eigenvalue weighted by Gasteiger charge is -2.34. The molecule has 238 valence electrons. The van der Waals surface area contributed by atoms with Gasteiger partial charge in [-0.3, -0.25) is 9.69 Å². The number of rotatable bonds is 10. The molecule has 2 heterocycles. The summed E-state index contributed by atoms with van der Waals surface area (Å²) in [6.07, 6.45) is 5.02. The summed E-state index contributed by atoms with van der Waals surface area (Å²) in [5.74, 6) is 1.49. The SMILES string of the molecule is Cc1cc(C=CC(=O)N2CCN(Cc3ccc(-c4ccccc4)cc3)CC2)cc(Cl)c1Oc1ccc(OCc2ccccc2Cl)cn1. The Morgan fingerprint density at radius 2 is 1.55 bits per heavy atom. The maximum Gasteiger partial charge on any atom is 0.246 e. The molecule has 1 fully saturated rings. The highest BCUT2D eigenvalue weighted by atomic mass is 35.5. The first kappa shape index (κ1) is 32.3.